The lowest BCUT2D eigenvalue weighted by molar-refractivity contribution is 0.0954. The monoisotopic (exact) mass is 313 g/mol. The maximum atomic E-state index is 11.8. The van der Waals surface area contributed by atoms with Gasteiger partial charge in [-0.3, -0.25) is 9.52 Å². The van der Waals surface area contributed by atoms with Gasteiger partial charge in [-0.05, 0) is 37.2 Å². The Hall–Kier alpha value is -1.60. The summed E-state index contributed by atoms with van der Waals surface area (Å²) >= 11 is 0. The summed E-state index contributed by atoms with van der Waals surface area (Å²) < 4.78 is 25.7. The Labute approximate surface area is 126 Å². The molecule has 1 aromatic carbocycles. The van der Waals surface area contributed by atoms with Gasteiger partial charge in [-0.2, -0.15) is 0 Å². The first-order valence-corrected chi connectivity index (χ1v) is 8.73. The maximum Gasteiger partial charge on any atom is 0.251 e. The van der Waals surface area contributed by atoms with Gasteiger partial charge in [0.2, 0.25) is 10.0 Å². The second-order valence-corrected chi connectivity index (χ2v) is 6.45. The summed E-state index contributed by atoms with van der Waals surface area (Å²) in [5.41, 5.74) is 0.970. The fourth-order valence-electron chi connectivity index (χ4n) is 1.73. The van der Waals surface area contributed by atoms with Crippen molar-refractivity contribution >= 4 is 21.6 Å². The van der Waals surface area contributed by atoms with Crippen LogP contribution in [0.2, 0.25) is 0 Å². The molecule has 0 saturated heterocycles. The van der Waals surface area contributed by atoms with Crippen LogP contribution in [0.4, 0.5) is 5.69 Å². The number of rotatable bonds is 9. The van der Waals surface area contributed by atoms with Crippen LogP contribution in [0.25, 0.3) is 0 Å². The van der Waals surface area contributed by atoms with Crippen LogP contribution in [0, 0.1) is 0 Å². The number of carbonyl (C=O) groups excluding carboxylic acids is 1. The number of benzene rings is 1. The highest BCUT2D eigenvalue weighted by Gasteiger charge is 2.09. The van der Waals surface area contributed by atoms with Crippen LogP contribution < -0.4 is 15.4 Å². The van der Waals surface area contributed by atoms with Crippen molar-refractivity contribution in [2.75, 3.05) is 30.1 Å². The first-order chi connectivity index (χ1) is 9.98. The van der Waals surface area contributed by atoms with E-state index in [2.05, 4.69) is 15.4 Å². The molecular formula is C14H23N3O3S. The molecule has 1 rings (SSSR count). The highest BCUT2D eigenvalue weighted by Crippen LogP contribution is 2.11. The predicted octanol–water partition coefficient (Wildman–Crippen LogP) is 1.18. The molecule has 1 aromatic rings. The molecule has 0 aliphatic heterocycles. The van der Waals surface area contributed by atoms with E-state index in [4.69, 9.17) is 0 Å². The molecule has 0 aliphatic carbocycles. The average Bonchev–Trinajstić information content (AvgIpc) is 2.43. The standard InChI is InChI=1S/C14H23N3O3S/c1-3-11-21(19,20)17-13-7-5-12(6-8-13)14(18)16-10-9-15-4-2/h5-8,15,17H,3-4,9-11H2,1-2H3,(H,16,18). The van der Waals surface area contributed by atoms with Gasteiger partial charge in [-0.1, -0.05) is 13.8 Å². The molecular weight excluding hydrogens is 290 g/mol. The van der Waals surface area contributed by atoms with E-state index in [-0.39, 0.29) is 11.7 Å². The summed E-state index contributed by atoms with van der Waals surface area (Å²) in [6.45, 7) is 5.94. The van der Waals surface area contributed by atoms with Crippen molar-refractivity contribution in [3.63, 3.8) is 0 Å². The van der Waals surface area contributed by atoms with Gasteiger partial charge in [0.15, 0.2) is 0 Å². The summed E-state index contributed by atoms with van der Waals surface area (Å²) in [4.78, 5) is 11.8. The molecule has 6 nitrogen and oxygen atoms in total. The Morgan fingerprint density at radius 3 is 2.33 bits per heavy atom. The highest BCUT2D eigenvalue weighted by molar-refractivity contribution is 7.92. The topological polar surface area (TPSA) is 87.3 Å². The van der Waals surface area contributed by atoms with Crippen molar-refractivity contribution in [3.8, 4) is 0 Å². The van der Waals surface area contributed by atoms with Crippen LogP contribution in [-0.4, -0.2) is 39.7 Å². The van der Waals surface area contributed by atoms with Crippen molar-refractivity contribution < 1.29 is 13.2 Å². The SMILES string of the molecule is CCCS(=O)(=O)Nc1ccc(C(=O)NCCNCC)cc1. The zero-order chi connectivity index (χ0) is 15.7. The van der Waals surface area contributed by atoms with E-state index < -0.39 is 10.0 Å². The molecule has 118 valence electrons. The van der Waals surface area contributed by atoms with Crippen LogP contribution in [0.3, 0.4) is 0 Å². The van der Waals surface area contributed by atoms with E-state index >= 15 is 0 Å². The first-order valence-electron chi connectivity index (χ1n) is 7.08. The van der Waals surface area contributed by atoms with Gasteiger partial charge < -0.3 is 10.6 Å². The normalized spacial score (nSPS) is 11.1. The molecule has 0 saturated carbocycles. The molecule has 3 N–H and O–H groups in total. The zero-order valence-corrected chi connectivity index (χ0v) is 13.3. The van der Waals surface area contributed by atoms with Gasteiger partial charge in [-0.15, -0.1) is 0 Å². The average molecular weight is 313 g/mol. The fourth-order valence-corrected chi connectivity index (χ4v) is 2.87. The second kappa shape index (κ2) is 8.63. The highest BCUT2D eigenvalue weighted by atomic mass is 32.2. The fraction of sp³-hybridized carbons (Fsp3) is 0.500. The number of hydrogen-bond donors (Lipinski definition) is 3. The van der Waals surface area contributed by atoms with Crippen molar-refractivity contribution in [1.82, 2.24) is 10.6 Å². The van der Waals surface area contributed by atoms with Gasteiger partial charge >= 0.3 is 0 Å². The van der Waals surface area contributed by atoms with E-state index in [0.717, 1.165) is 13.1 Å². The molecule has 0 unspecified atom stereocenters. The predicted molar refractivity (Wildman–Crippen MR) is 85.0 cm³/mol. The summed E-state index contributed by atoms with van der Waals surface area (Å²) in [6, 6.07) is 6.39. The van der Waals surface area contributed by atoms with E-state index in [1.54, 1.807) is 31.2 Å². The lowest BCUT2D eigenvalue weighted by Crippen LogP contribution is -2.31. The third kappa shape index (κ3) is 6.59. The summed E-state index contributed by atoms with van der Waals surface area (Å²) in [6.07, 6.45) is 0.557. The van der Waals surface area contributed by atoms with Crippen molar-refractivity contribution in [3.05, 3.63) is 29.8 Å². The van der Waals surface area contributed by atoms with Crippen LogP contribution in [-0.2, 0) is 10.0 Å². The smallest absolute Gasteiger partial charge is 0.251 e. The molecule has 0 heterocycles. The summed E-state index contributed by atoms with van der Waals surface area (Å²) in [5.74, 6) is -0.0875. The van der Waals surface area contributed by atoms with Crippen LogP contribution in [0.5, 0.6) is 0 Å². The number of likely N-dealkylation sites (N-methyl/N-ethyl adjacent to an activating group) is 1. The lowest BCUT2D eigenvalue weighted by atomic mass is 10.2. The van der Waals surface area contributed by atoms with Gasteiger partial charge in [0, 0.05) is 24.3 Å². The second-order valence-electron chi connectivity index (χ2n) is 4.61. The molecule has 0 atom stereocenters. The molecule has 1 amide bonds. The quantitative estimate of drug-likeness (QED) is 0.597. The Morgan fingerprint density at radius 1 is 1.10 bits per heavy atom. The number of amides is 1. The van der Waals surface area contributed by atoms with Gasteiger partial charge in [0.05, 0.1) is 5.75 Å². The van der Waals surface area contributed by atoms with Crippen LogP contribution >= 0.6 is 0 Å². The molecule has 0 aromatic heterocycles. The van der Waals surface area contributed by atoms with Gasteiger partial charge in [-0.25, -0.2) is 8.42 Å². The first kappa shape index (κ1) is 17.5. The number of nitrogens with one attached hydrogen (secondary N) is 3. The van der Waals surface area contributed by atoms with Gasteiger partial charge in [0.25, 0.3) is 5.91 Å². The molecule has 0 bridgehead atoms. The number of hydrogen-bond acceptors (Lipinski definition) is 4. The number of anilines is 1. The summed E-state index contributed by atoms with van der Waals surface area (Å²) in [5, 5.41) is 5.89. The lowest BCUT2D eigenvalue weighted by Gasteiger charge is -2.08. The van der Waals surface area contributed by atoms with E-state index in [1.807, 2.05) is 6.92 Å². The third-order valence-electron chi connectivity index (χ3n) is 2.73. The van der Waals surface area contributed by atoms with Crippen molar-refractivity contribution in [2.45, 2.75) is 20.3 Å². The molecule has 0 radical (unpaired) electrons. The minimum Gasteiger partial charge on any atom is -0.351 e. The summed E-state index contributed by atoms with van der Waals surface area (Å²) in [7, 11) is -3.30. The molecule has 0 fully saturated rings. The minimum atomic E-state index is -3.30. The Kier molecular flexibility index (Phi) is 7.18. The van der Waals surface area contributed by atoms with E-state index in [9.17, 15) is 13.2 Å². The zero-order valence-electron chi connectivity index (χ0n) is 12.5. The minimum absolute atomic E-state index is 0.0830. The third-order valence-corrected chi connectivity index (χ3v) is 4.22. The van der Waals surface area contributed by atoms with Crippen molar-refractivity contribution in [2.24, 2.45) is 0 Å². The molecule has 7 heteroatoms. The number of carbonyl (C=O) groups is 1. The Bertz CT molecular complexity index is 541. The van der Waals surface area contributed by atoms with Crippen LogP contribution in [0.1, 0.15) is 30.6 Å². The van der Waals surface area contributed by atoms with E-state index in [0.29, 0.717) is 24.2 Å². The molecule has 0 spiro atoms. The van der Waals surface area contributed by atoms with E-state index in [1.165, 1.54) is 0 Å². The Balaban J connectivity index is 2.55. The maximum absolute atomic E-state index is 11.8. The Morgan fingerprint density at radius 2 is 1.76 bits per heavy atom. The van der Waals surface area contributed by atoms with Gasteiger partial charge in [0.1, 0.15) is 0 Å². The van der Waals surface area contributed by atoms with Crippen molar-refractivity contribution in [1.29, 1.82) is 0 Å². The van der Waals surface area contributed by atoms with Crippen LogP contribution in [0.15, 0.2) is 24.3 Å². The largest absolute Gasteiger partial charge is 0.351 e. The molecule has 21 heavy (non-hydrogen) atoms. The molecule has 0 aliphatic rings. The number of sulfonamides is 1.